The first-order valence-corrected chi connectivity index (χ1v) is 2.20. The van der Waals surface area contributed by atoms with Crippen LogP contribution >= 0.6 is 0 Å². The minimum absolute atomic E-state index is 2.00. The number of hydrogen-bond donors (Lipinski definition) is 0. The van der Waals surface area contributed by atoms with Crippen molar-refractivity contribution in [2.24, 2.45) is 0 Å². The van der Waals surface area contributed by atoms with Crippen molar-refractivity contribution in [3.63, 3.8) is 0 Å². The van der Waals surface area contributed by atoms with E-state index < -0.39 is 0 Å². The lowest BCUT2D eigenvalue weighted by Gasteiger charge is -1.69. The smallest absolute Gasteiger partial charge is 0 e. The molecule has 0 aromatic heterocycles. The van der Waals surface area contributed by atoms with Crippen LogP contribution in [0.1, 0.15) is 0 Å². The normalized spacial score (nSPS) is 6.25. The molecule has 0 radical (unpaired) electrons. The minimum Gasteiger partial charge on any atom is -0.0623 e. The monoisotopic (exact) mass is 106 g/mol. The zero-order chi connectivity index (χ0) is 6.24. The number of hydrogen-bond acceptors (Lipinski definition) is 2. The molecular formula is C6H6N2. The van der Waals surface area contributed by atoms with Gasteiger partial charge in [-0.2, -0.15) is 0 Å². The number of rotatable bonds is 0. The Morgan fingerprint density at radius 2 is 0.625 bits per heavy atom. The summed E-state index contributed by atoms with van der Waals surface area (Å²) in [5, 5.41) is 12.0. The highest BCUT2D eigenvalue weighted by Gasteiger charge is 1.57. The molecule has 0 aliphatic carbocycles. The Hall–Kier alpha value is -1.36. The third-order valence-corrected chi connectivity index (χ3v) is 0.667. The van der Waals surface area contributed by atoms with Gasteiger partial charge in [-0.05, 0) is 0 Å². The molecular weight excluding hydrogens is 100 g/mol. The van der Waals surface area contributed by atoms with Crippen molar-refractivity contribution in [2.45, 2.75) is 0 Å². The van der Waals surface area contributed by atoms with Gasteiger partial charge in [0.05, 0.1) is 0 Å². The lowest BCUT2D eigenvalue weighted by atomic mass is 10.4. The summed E-state index contributed by atoms with van der Waals surface area (Å²) in [5.41, 5.74) is 0. The predicted molar refractivity (Wildman–Crippen MR) is 29.9 cm³/mol. The Labute approximate surface area is 48.2 Å². The first-order valence-electron chi connectivity index (χ1n) is 2.20. The summed E-state index contributed by atoms with van der Waals surface area (Å²) in [5.74, 6) is 0. The van der Waals surface area contributed by atoms with E-state index in [-0.39, 0.29) is 0 Å². The standard InChI is InChI=1S/C6H6.N2/c1-2-4-6-5-3-1;1-2/h1-6H;. The summed E-state index contributed by atoms with van der Waals surface area (Å²) in [7, 11) is 0. The van der Waals surface area contributed by atoms with Crippen molar-refractivity contribution in [3.05, 3.63) is 36.4 Å². The van der Waals surface area contributed by atoms with Gasteiger partial charge in [-0.15, -0.1) is 0 Å². The topological polar surface area (TPSA) is 47.6 Å². The Morgan fingerprint density at radius 3 is 0.750 bits per heavy atom. The average Bonchev–Trinajstić information content (AvgIpc) is 1.96. The molecule has 0 saturated heterocycles. The van der Waals surface area contributed by atoms with Crippen molar-refractivity contribution in [2.75, 3.05) is 0 Å². The zero-order valence-electron chi connectivity index (χ0n) is 4.36. The SMILES string of the molecule is N#N.c1ccccc1. The molecule has 1 aromatic rings. The highest BCUT2D eigenvalue weighted by Crippen LogP contribution is 1.79. The second-order valence-corrected chi connectivity index (χ2v) is 1.15. The van der Waals surface area contributed by atoms with E-state index in [1.165, 1.54) is 0 Å². The van der Waals surface area contributed by atoms with Gasteiger partial charge in [0.15, 0.2) is 0 Å². The number of benzene rings is 1. The summed E-state index contributed by atoms with van der Waals surface area (Å²) in [6, 6.07) is 12.0. The van der Waals surface area contributed by atoms with Crippen molar-refractivity contribution >= 4 is 0 Å². The fourth-order valence-electron chi connectivity index (χ4n) is 0.385. The molecule has 0 atom stereocenters. The Morgan fingerprint density at radius 1 is 0.500 bits per heavy atom. The molecule has 0 saturated carbocycles. The minimum atomic E-state index is 2.00. The molecule has 0 aliphatic heterocycles. The van der Waals surface area contributed by atoms with E-state index in [2.05, 4.69) is 0 Å². The lowest BCUT2D eigenvalue weighted by Crippen LogP contribution is -1.47. The van der Waals surface area contributed by atoms with E-state index in [1.54, 1.807) is 0 Å². The van der Waals surface area contributed by atoms with Gasteiger partial charge in [-0.1, -0.05) is 36.4 Å². The van der Waals surface area contributed by atoms with Crippen LogP contribution < -0.4 is 0 Å². The van der Waals surface area contributed by atoms with E-state index in [9.17, 15) is 0 Å². The van der Waals surface area contributed by atoms with Gasteiger partial charge in [0, 0.05) is 10.8 Å². The Bertz CT molecular complexity index is 107. The molecule has 0 bridgehead atoms. The van der Waals surface area contributed by atoms with Crippen molar-refractivity contribution in [1.82, 2.24) is 0 Å². The van der Waals surface area contributed by atoms with Crippen molar-refractivity contribution in [1.29, 1.82) is 10.8 Å². The lowest BCUT2D eigenvalue weighted by molar-refractivity contribution is 1.15. The van der Waals surface area contributed by atoms with E-state index >= 15 is 0 Å². The van der Waals surface area contributed by atoms with Gasteiger partial charge in [-0.3, -0.25) is 0 Å². The number of nitrogens with zero attached hydrogens (tertiary/aromatic N) is 2. The van der Waals surface area contributed by atoms with E-state index in [0.717, 1.165) is 0 Å². The van der Waals surface area contributed by atoms with Crippen LogP contribution in [0.5, 0.6) is 0 Å². The summed E-state index contributed by atoms with van der Waals surface area (Å²) in [6.45, 7) is 0. The maximum absolute atomic E-state index is 6.00. The molecule has 0 N–H and O–H groups in total. The van der Waals surface area contributed by atoms with Crippen LogP contribution in [0.2, 0.25) is 0 Å². The third-order valence-electron chi connectivity index (χ3n) is 0.667. The maximum atomic E-state index is 6.00. The Kier molecular flexibility index (Phi) is 4.68. The van der Waals surface area contributed by atoms with Crippen LogP contribution in [0.3, 0.4) is 0 Å². The van der Waals surface area contributed by atoms with Gasteiger partial charge >= 0.3 is 0 Å². The summed E-state index contributed by atoms with van der Waals surface area (Å²) in [6.07, 6.45) is 0. The third kappa shape index (κ3) is 2.86. The first kappa shape index (κ1) is 6.64. The summed E-state index contributed by atoms with van der Waals surface area (Å²) in [4.78, 5) is 0. The quantitative estimate of drug-likeness (QED) is 0.473. The molecule has 1 aromatic carbocycles. The highest BCUT2D eigenvalue weighted by molar-refractivity contribution is 4.99. The van der Waals surface area contributed by atoms with Gasteiger partial charge in [0.25, 0.3) is 0 Å². The van der Waals surface area contributed by atoms with Gasteiger partial charge < -0.3 is 0 Å². The zero-order valence-corrected chi connectivity index (χ0v) is 4.36. The predicted octanol–water partition coefficient (Wildman–Crippen LogP) is 1.72. The molecule has 1 rings (SSSR count). The second kappa shape index (κ2) is 5.64. The Balaban J connectivity index is 0.000000222. The fourth-order valence-corrected chi connectivity index (χ4v) is 0.385. The van der Waals surface area contributed by atoms with Crippen LogP contribution in [0.4, 0.5) is 0 Å². The summed E-state index contributed by atoms with van der Waals surface area (Å²) < 4.78 is 0. The van der Waals surface area contributed by atoms with Crippen LogP contribution in [-0.4, -0.2) is 0 Å². The van der Waals surface area contributed by atoms with Crippen molar-refractivity contribution in [3.8, 4) is 0 Å². The molecule has 8 heavy (non-hydrogen) atoms. The molecule has 0 heterocycles. The van der Waals surface area contributed by atoms with Crippen LogP contribution in [0.15, 0.2) is 36.4 Å². The van der Waals surface area contributed by atoms with Crippen molar-refractivity contribution < 1.29 is 0 Å². The molecule has 40 valence electrons. The molecule has 0 aliphatic rings. The van der Waals surface area contributed by atoms with Crippen LogP contribution in [0.25, 0.3) is 0 Å². The molecule has 0 amide bonds. The molecule has 0 fully saturated rings. The largest absolute Gasteiger partial charge is 0.0623 e. The molecule has 0 unspecified atom stereocenters. The van der Waals surface area contributed by atoms with Gasteiger partial charge in [0.1, 0.15) is 0 Å². The fraction of sp³-hybridized carbons (Fsp3) is 0. The molecule has 0 spiro atoms. The van der Waals surface area contributed by atoms with Crippen LogP contribution in [-0.2, 0) is 0 Å². The molecule has 2 heteroatoms. The molecule has 2 nitrogen and oxygen atoms in total. The summed E-state index contributed by atoms with van der Waals surface area (Å²) >= 11 is 0. The second-order valence-electron chi connectivity index (χ2n) is 1.15. The van der Waals surface area contributed by atoms with Gasteiger partial charge in [0.2, 0.25) is 0 Å². The maximum Gasteiger partial charge on any atom is 0 e. The average molecular weight is 106 g/mol. The first-order chi connectivity index (χ1) is 4.00. The highest BCUT2D eigenvalue weighted by atomic mass is 14.6. The van der Waals surface area contributed by atoms with Crippen LogP contribution in [0, 0.1) is 10.8 Å². The van der Waals surface area contributed by atoms with E-state index in [1.807, 2.05) is 36.4 Å². The van der Waals surface area contributed by atoms with E-state index in [0.29, 0.717) is 0 Å². The van der Waals surface area contributed by atoms with E-state index in [4.69, 9.17) is 10.8 Å². The van der Waals surface area contributed by atoms with Gasteiger partial charge in [-0.25, -0.2) is 0 Å².